The number of ether oxygens (including phenoxy) is 2. The van der Waals surface area contributed by atoms with E-state index in [4.69, 9.17) is 10.5 Å². The Kier molecular flexibility index (Phi) is 5.78. The largest absolute Gasteiger partial charge is 0.497 e. The summed E-state index contributed by atoms with van der Waals surface area (Å²) in [5.41, 5.74) is 9.75. The summed E-state index contributed by atoms with van der Waals surface area (Å²) < 4.78 is 36.2. The van der Waals surface area contributed by atoms with E-state index in [1.807, 2.05) is 6.07 Å². The summed E-state index contributed by atoms with van der Waals surface area (Å²) >= 11 is 0. The SMILES string of the molecule is COc1cc(-n2cc(OC(F)F)cn2)c(-c2ccc3c(c2)C=C=NC=C3N)cc1B(O)O. The molecule has 32 heavy (non-hydrogen) atoms. The van der Waals surface area contributed by atoms with Gasteiger partial charge in [0.15, 0.2) is 5.75 Å². The van der Waals surface area contributed by atoms with Crippen LogP contribution in [0.5, 0.6) is 11.5 Å². The second kappa shape index (κ2) is 8.68. The number of nitrogens with zero attached hydrogens (tertiary/aromatic N) is 3. The van der Waals surface area contributed by atoms with Crippen LogP contribution in [0, 0.1) is 0 Å². The predicted octanol–water partition coefficient (Wildman–Crippen LogP) is 1.78. The smallest absolute Gasteiger partial charge is 0.492 e. The Balaban J connectivity index is 1.92. The summed E-state index contributed by atoms with van der Waals surface area (Å²) in [5.74, 6) is 2.82. The lowest BCUT2D eigenvalue weighted by Crippen LogP contribution is -2.31. The average molecular weight is 438 g/mol. The van der Waals surface area contributed by atoms with Gasteiger partial charge in [-0.3, -0.25) is 0 Å². The number of aliphatic imine (C=N–C) groups is 1. The Morgan fingerprint density at radius 3 is 2.72 bits per heavy atom. The molecule has 4 N–H and O–H groups in total. The van der Waals surface area contributed by atoms with Crippen molar-refractivity contribution in [1.82, 2.24) is 9.78 Å². The molecular formula is C21H17BF2N4O4. The van der Waals surface area contributed by atoms with Crippen molar-refractivity contribution in [3.63, 3.8) is 0 Å². The van der Waals surface area contributed by atoms with Gasteiger partial charge in [0.1, 0.15) is 5.75 Å². The molecule has 0 bridgehead atoms. The molecule has 8 nitrogen and oxygen atoms in total. The quantitative estimate of drug-likeness (QED) is 0.506. The lowest BCUT2D eigenvalue weighted by Gasteiger charge is -2.17. The number of hydrogen-bond donors (Lipinski definition) is 3. The van der Waals surface area contributed by atoms with Crippen molar-refractivity contribution >= 4 is 30.2 Å². The molecule has 1 aliphatic rings. The monoisotopic (exact) mass is 438 g/mol. The molecule has 0 radical (unpaired) electrons. The number of halogens is 2. The Labute approximate surface area is 181 Å². The van der Waals surface area contributed by atoms with Gasteiger partial charge in [-0.05, 0) is 29.1 Å². The number of hydrogen-bond acceptors (Lipinski definition) is 7. The van der Waals surface area contributed by atoms with Gasteiger partial charge in [0.25, 0.3) is 0 Å². The van der Waals surface area contributed by atoms with Gasteiger partial charge < -0.3 is 25.3 Å². The lowest BCUT2D eigenvalue weighted by atomic mass is 9.77. The van der Waals surface area contributed by atoms with Crippen molar-refractivity contribution in [2.75, 3.05) is 7.11 Å². The Morgan fingerprint density at radius 2 is 2.00 bits per heavy atom. The summed E-state index contributed by atoms with van der Waals surface area (Å²) in [6, 6.07) is 8.47. The Bertz CT molecular complexity index is 1270. The molecule has 0 saturated carbocycles. The third-order valence-electron chi connectivity index (χ3n) is 4.83. The van der Waals surface area contributed by atoms with Crippen LogP contribution < -0.4 is 20.7 Å². The van der Waals surface area contributed by atoms with Crippen LogP contribution in [0.1, 0.15) is 11.1 Å². The van der Waals surface area contributed by atoms with Crippen molar-refractivity contribution in [2.24, 2.45) is 10.7 Å². The van der Waals surface area contributed by atoms with Crippen LogP contribution in [-0.4, -0.2) is 46.5 Å². The molecular weight excluding hydrogens is 421 g/mol. The minimum atomic E-state index is -3.00. The number of fused-ring (bicyclic) bond motifs is 1. The van der Waals surface area contributed by atoms with Crippen molar-refractivity contribution in [3.05, 3.63) is 60.1 Å². The zero-order chi connectivity index (χ0) is 22.8. The molecule has 1 aromatic heterocycles. The van der Waals surface area contributed by atoms with Crippen LogP contribution in [0.3, 0.4) is 0 Å². The zero-order valence-electron chi connectivity index (χ0n) is 16.7. The molecule has 0 spiro atoms. The van der Waals surface area contributed by atoms with E-state index < -0.39 is 13.7 Å². The highest BCUT2D eigenvalue weighted by atomic mass is 19.3. The van der Waals surface area contributed by atoms with Crippen molar-refractivity contribution < 1.29 is 28.3 Å². The predicted molar refractivity (Wildman–Crippen MR) is 116 cm³/mol. The second-order valence-electron chi connectivity index (χ2n) is 6.77. The van der Waals surface area contributed by atoms with Crippen LogP contribution in [0.25, 0.3) is 28.6 Å². The summed E-state index contributed by atoms with van der Waals surface area (Å²) in [4.78, 5) is 3.96. The maximum absolute atomic E-state index is 12.6. The van der Waals surface area contributed by atoms with Crippen molar-refractivity contribution in [2.45, 2.75) is 6.61 Å². The molecule has 3 aromatic rings. The van der Waals surface area contributed by atoms with Crippen LogP contribution in [-0.2, 0) is 0 Å². The van der Waals surface area contributed by atoms with Crippen LogP contribution in [0.4, 0.5) is 8.78 Å². The molecule has 0 amide bonds. The fourth-order valence-corrected chi connectivity index (χ4v) is 3.38. The maximum Gasteiger partial charge on any atom is 0.492 e. The van der Waals surface area contributed by atoms with E-state index in [0.29, 0.717) is 22.5 Å². The van der Waals surface area contributed by atoms with E-state index in [1.54, 1.807) is 18.2 Å². The van der Waals surface area contributed by atoms with Crippen LogP contribution in [0.15, 0.2) is 53.9 Å². The minimum absolute atomic E-state index is 0.119. The summed E-state index contributed by atoms with van der Waals surface area (Å²) in [6.07, 6.45) is 5.60. The highest BCUT2D eigenvalue weighted by Crippen LogP contribution is 2.33. The molecule has 0 atom stereocenters. The number of alkyl halides is 2. The topological polar surface area (TPSA) is 115 Å². The van der Waals surface area contributed by atoms with E-state index in [-0.39, 0.29) is 17.0 Å². The van der Waals surface area contributed by atoms with E-state index in [0.717, 1.165) is 17.3 Å². The molecule has 2 heterocycles. The number of methoxy groups -OCH3 is 1. The van der Waals surface area contributed by atoms with Gasteiger partial charge in [-0.15, -0.1) is 0 Å². The maximum atomic E-state index is 12.6. The highest BCUT2D eigenvalue weighted by Gasteiger charge is 2.22. The standard InChI is InChI=1S/C21H17BF2N4O4/c1-31-20-8-19(28-11-14(9-27-28)32-21(23)24)16(7-17(20)22(29)30)12-2-3-15-13(6-12)4-5-26-10-18(15)25/h2-4,6-11,21,29-30H,25H2,1H3. The van der Waals surface area contributed by atoms with E-state index in [1.165, 1.54) is 36.3 Å². The molecule has 1 aliphatic heterocycles. The summed E-state index contributed by atoms with van der Waals surface area (Å²) in [5, 5.41) is 23.8. The van der Waals surface area contributed by atoms with Crippen LogP contribution >= 0.6 is 0 Å². The first kappa shape index (κ1) is 21.3. The summed E-state index contributed by atoms with van der Waals surface area (Å²) in [7, 11) is -0.430. The van der Waals surface area contributed by atoms with E-state index >= 15 is 0 Å². The number of aromatic nitrogens is 2. The fraction of sp³-hybridized carbons (Fsp3) is 0.0952. The second-order valence-corrected chi connectivity index (χ2v) is 6.77. The molecule has 11 heteroatoms. The summed E-state index contributed by atoms with van der Waals surface area (Å²) in [6.45, 7) is -3.00. The molecule has 0 saturated heterocycles. The van der Waals surface area contributed by atoms with E-state index in [2.05, 4.69) is 20.7 Å². The number of benzene rings is 2. The minimum Gasteiger partial charge on any atom is -0.497 e. The van der Waals surface area contributed by atoms with Gasteiger partial charge in [0.05, 0.1) is 37.1 Å². The molecule has 0 aliphatic carbocycles. The molecule has 162 valence electrons. The third kappa shape index (κ3) is 4.12. The fourth-order valence-electron chi connectivity index (χ4n) is 3.38. The normalized spacial score (nSPS) is 12.4. The first-order valence-electron chi connectivity index (χ1n) is 9.34. The van der Waals surface area contributed by atoms with E-state index in [9.17, 15) is 18.8 Å². The lowest BCUT2D eigenvalue weighted by molar-refractivity contribution is -0.0498. The molecule has 0 unspecified atom stereocenters. The third-order valence-corrected chi connectivity index (χ3v) is 4.83. The molecule has 0 fully saturated rings. The zero-order valence-corrected chi connectivity index (χ0v) is 16.7. The average Bonchev–Trinajstić information content (AvgIpc) is 3.14. The van der Waals surface area contributed by atoms with Gasteiger partial charge in [0.2, 0.25) is 0 Å². The highest BCUT2D eigenvalue weighted by molar-refractivity contribution is 6.60. The first-order chi connectivity index (χ1) is 15.4. The molecule has 2 aromatic carbocycles. The van der Waals surface area contributed by atoms with Gasteiger partial charge in [-0.2, -0.15) is 13.9 Å². The molecule has 4 rings (SSSR count). The van der Waals surface area contributed by atoms with Gasteiger partial charge >= 0.3 is 13.7 Å². The van der Waals surface area contributed by atoms with Crippen molar-refractivity contribution in [1.29, 1.82) is 0 Å². The first-order valence-corrected chi connectivity index (χ1v) is 9.34. The number of rotatable bonds is 6. The van der Waals surface area contributed by atoms with Gasteiger partial charge in [0, 0.05) is 28.7 Å². The Hall–Kier alpha value is -3.92. The Morgan fingerprint density at radius 1 is 1.19 bits per heavy atom. The van der Waals surface area contributed by atoms with Crippen LogP contribution in [0.2, 0.25) is 0 Å². The van der Waals surface area contributed by atoms with Crippen molar-refractivity contribution in [3.8, 4) is 28.3 Å². The van der Waals surface area contributed by atoms with Gasteiger partial charge in [-0.25, -0.2) is 9.67 Å². The van der Waals surface area contributed by atoms with Gasteiger partial charge in [-0.1, -0.05) is 12.1 Å². The number of nitrogens with two attached hydrogens (primary N) is 1.